The summed E-state index contributed by atoms with van der Waals surface area (Å²) in [6, 6.07) is 8.96. The number of benzene rings is 1. The fourth-order valence-corrected chi connectivity index (χ4v) is 2.90. The number of nitrogens with zero attached hydrogens (tertiary/aromatic N) is 2. The summed E-state index contributed by atoms with van der Waals surface area (Å²) in [6.07, 6.45) is 3.75. The van der Waals surface area contributed by atoms with Crippen LogP contribution in [-0.2, 0) is 6.54 Å². The summed E-state index contributed by atoms with van der Waals surface area (Å²) >= 11 is 6.00. The number of rotatable bonds is 3. The summed E-state index contributed by atoms with van der Waals surface area (Å²) in [5, 5.41) is 0.636. The molecule has 1 saturated heterocycles. The largest absolute Gasteiger partial charge is 0.307 e. The summed E-state index contributed by atoms with van der Waals surface area (Å²) in [4.78, 5) is 21.6. The zero-order chi connectivity index (χ0) is 14.7. The van der Waals surface area contributed by atoms with E-state index < -0.39 is 0 Å². The van der Waals surface area contributed by atoms with Crippen LogP contribution >= 0.6 is 11.6 Å². The lowest BCUT2D eigenvalue weighted by Gasteiger charge is -2.25. The topological polar surface area (TPSA) is 49.0 Å². The number of halogens is 1. The van der Waals surface area contributed by atoms with Crippen molar-refractivity contribution in [2.75, 3.05) is 13.1 Å². The smallest absolute Gasteiger partial charge is 0.251 e. The van der Waals surface area contributed by atoms with Crippen molar-refractivity contribution < 1.29 is 0 Å². The molecule has 1 N–H and O–H groups in total. The van der Waals surface area contributed by atoms with Crippen LogP contribution in [0.3, 0.4) is 0 Å². The van der Waals surface area contributed by atoms with Crippen LogP contribution in [0.5, 0.6) is 0 Å². The van der Waals surface area contributed by atoms with Gasteiger partial charge in [0, 0.05) is 23.2 Å². The minimum atomic E-state index is -0.119. The Hall–Kier alpha value is -1.65. The average molecular weight is 304 g/mol. The van der Waals surface area contributed by atoms with E-state index in [9.17, 15) is 4.79 Å². The van der Waals surface area contributed by atoms with Crippen LogP contribution < -0.4 is 5.56 Å². The summed E-state index contributed by atoms with van der Waals surface area (Å²) in [5.41, 5.74) is 1.53. The predicted octanol–water partition coefficient (Wildman–Crippen LogP) is 3.08. The molecule has 5 heteroatoms. The van der Waals surface area contributed by atoms with Gasteiger partial charge in [0.1, 0.15) is 5.82 Å². The highest BCUT2D eigenvalue weighted by molar-refractivity contribution is 6.30. The highest BCUT2D eigenvalue weighted by Crippen LogP contribution is 2.19. The van der Waals surface area contributed by atoms with Crippen molar-refractivity contribution in [3.8, 4) is 11.4 Å². The van der Waals surface area contributed by atoms with Crippen molar-refractivity contribution in [3.63, 3.8) is 0 Å². The SMILES string of the molecule is O=c1cc(CN2CCCCC2)nc(-c2cccc(Cl)c2)[nH]1. The van der Waals surface area contributed by atoms with Crippen molar-refractivity contribution in [2.45, 2.75) is 25.8 Å². The molecule has 110 valence electrons. The van der Waals surface area contributed by atoms with E-state index in [1.807, 2.05) is 18.2 Å². The predicted molar refractivity (Wildman–Crippen MR) is 84.4 cm³/mol. The Kier molecular flexibility index (Phi) is 4.36. The van der Waals surface area contributed by atoms with Crippen molar-refractivity contribution in [1.29, 1.82) is 0 Å². The van der Waals surface area contributed by atoms with Gasteiger partial charge in [-0.2, -0.15) is 0 Å². The van der Waals surface area contributed by atoms with E-state index in [1.54, 1.807) is 12.1 Å². The Labute approximate surface area is 128 Å². The molecule has 1 aliphatic rings. The van der Waals surface area contributed by atoms with Crippen LogP contribution in [0.4, 0.5) is 0 Å². The van der Waals surface area contributed by atoms with E-state index >= 15 is 0 Å². The van der Waals surface area contributed by atoms with Crippen LogP contribution in [0.15, 0.2) is 35.1 Å². The maximum Gasteiger partial charge on any atom is 0.251 e. The first-order valence-electron chi connectivity index (χ1n) is 7.29. The lowest BCUT2D eigenvalue weighted by molar-refractivity contribution is 0.218. The quantitative estimate of drug-likeness (QED) is 0.948. The summed E-state index contributed by atoms with van der Waals surface area (Å²) < 4.78 is 0. The maximum absolute atomic E-state index is 11.9. The van der Waals surface area contributed by atoms with Gasteiger partial charge in [-0.05, 0) is 38.1 Å². The van der Waals surface area contributed by atoms with Gasteiger partial charge in [-0.3, -0.25) is 9.69 Å². The Morgan fingerprint density at radius 1 is 1.19 bits per heavy atom. The minimum absolute atomic E-state index is 0.119. The van der Waals surface area contributed by atoms with Crippen LogP contribution in [0.1, 0.15) is 25.0 Å². The molecule has 0 aliphatic carbocycles. The summed E-state index contributed by atoms with van der Waals surface area (Å²) in [5.74, 6) is 0.581. The van der Waals surface area contributed by atoms with Crippen molar-refractivity contribution in [3.05, 3.63) is 51.4 Å². The standard InChI is InChI=1S/C16H18ClN3O/c17-13-6-4-5-12(9-13)16-18-14(10-15(21)19-16)11-20-7-2-1-3-8-20/h4-6,9-10H,1-3,7-8,11H2,(H,18,19,21). The number of likely N-dealkylation sites (tertiary alicyclic amines) is 1. The first-order valence-corrected chi connectivity index (χ1v) is 7.67. The Morgan fingerprint density at radius 2 is 2.00 bits per heavy atom. The molecule has 0 bridgehead atoms. The summed E-state index contributed by atoms with van der Waals surface area (Å²) in [6.45, 7) is 2.90. The molecule has 1 aromatic carbocycles. The molecular weight excluding hydrogens is 286 g/mol. The zero-order valence-electron chi connectivity index (χ0n) is 11.8. The van der Waals surface area contributed by atoms with Crippen LogP contribution in [-0.4, -0.2) is 28.0 Å². The fourth-order valence-electron chi connectivity index (χ4n) is 2.71. The van der Waals surface area contributed by atoms with Gasteiger partial charge < -0.3 is 4.98 Å². The van der Waals surface area contributed by atoms with Crippen molar-refractivity contribution in [2.24, 2.45) is 0 Å². The highest BCUT2D eigenvalue weighted by Gasteiger charge is 2.12. The molecule has 0 saturated carbocycles. The number of piperidine rings is 1. The molecule has 2 heterocycles. The second kappa shape index (κ2) is 6.41. The number of H-pyrrole nitrogens is 1. The number of hydrogen-bond acceptors (Lipinski definition) is 3. The Bertz CT molecular complexity index is 677. The highest BCUT2D eigenvalue weighted by atomic mass is 35.5. The third kappa shape index (κ3) is 3.71. The van der Waals surface area contributed by atoms with Gasteiger partial charge in [0.2, 0.25) is 0 Å². The first-order chi connectivity index (χ1) is 10.2. The monoisotopic (exact) mass is 303 g/mol. The number of nitrogens with one attached hydrogen (secondary N) is 1. The van der Waals surface area contributed by atoms with Gasteiger partial charge >= 0.3 is 0 Å². The molecular formula is C16H18ClN3O. The van der Waals surface area contributed by atoms with E-state index in [-0.39, 0.29) is 5.56 Å². The lowest BCUT2D eigenvalue weighted by atomic mass is 10.1. The van der Waals surface area contributed by atoms with Gasteiger partial charge in [-0.1, -0.05) is 30.2 Å². The van der Waals surface area contributed by atoms with Gasteiger partial charge in [-0.15, -0.1) is 0 Å². The fraction of sp³-hybridized carbons (Fsp3) is 0.375. The van der Waals surface area contributed by atoms with E-state index in [0.29, 0.717) is 10.8 Å². The van der Waals surface area contributed by atoms with Crippen molar-refractivity contribution >= 4 is 11.6 Å². The van der Waals surface area contributed by atoms with E-state index in [2.05, 4.69) is 14.9 Å². The molecule has 21 heavy (non-hydrogen) atoms. The molecule has 0 atom stereocenters. The van der Waals surface area contributed by atoms with Gasteiger partial charge in [0.25, 0.3) is 5.56 Å². The van der Waals surface area contributed by atoms with Crippen LogP contribution in [0.25, 0.3) is 11.4 Å². The molecule has 0 radical (unpaired) electrons. The molecule has 1 aromatic heterocycles. The first kappa shape index (κ1) is 14.3. The Balaban J connectivity index is 1.87. The van der Waals surface area contributed by atoms with E-state index in [0.717, 1.165) is 30.9 Å². The molecule has 0 amide bonds. The average Bonchev–Trinajstić information content (AvgIpc) is 2.48. The molecule has 2 aromatic rings. The molecule has 0 spiro atoms. The minimum Gasteiger partial charge on any atom is -0.307 e. The Morgan fingerprint density at radius 3 is 2.76 bits per heavy atom. The van der Waals surface area contributed by atoms with Gasteiger partial charge in [0.15, 0.2) is 0 Å². The molecule has 1 fully saturated rings. The number of hydrogen-bond donors (Lipinski definition) is 1. The molecule has 1 aliphatic heterocycles. The van der Waals surface area contributed by atoms with E-state index in [4.69, 9.17) is 11.6 Å². The second-order valence-corrected chi connectivity index (χ2v) is 5.87. The van der Waals surface area contributed by atoms with Gasteiger partial charge in [-0.25, -0.2) is 4.98 Å². The number of aromatic amines is 1. The second-order valence-electron chi connectivity index (χ2n) is 5.43. The van der Waals surface area contributed by atoms with E-state index in [1.165, 1.54) is 19.3 Å². The summed E-state index contributed by atoms with van der Waals surface area (Å²) in [7, 11) is 0. The van der Waals surface area contributed by atoms with Crippen molar-refractivity contribution in [1.82, 2.24) is 14.9 Å². The van der Waals surface area contributed by atoms with Gasteiger partial charge in [0.05, 0.1) is 5.69 Å². The lowest BCUT2D eigenvalue weighted by Crippen LogP contribution is -2.30. The number of aromatic nitrogens is 2. The zero-order valence-corrected chi connectivity index (χ0v) is 12.6. The van der Waals surface area contributed by atoms with Crippen LogP contribution in [0, 0.1) is 0 Å². The third-order valence-corrected chi connectivity index (χ3v) is 3.96. The maximum atomic E-state index is 11.9. The third-order valence-electron chi connectivity index (χ3n) is 3.73. The molecule has 3 rings (SSSR count). The molecule has 4 nitrogen and oxygen atoms in total. The normalized spacial score (nSPS) is 16.0. The molecule has 0 unspecified atom stereocenters. The van der Waals surface area contributed by atoms with Crippen LogP contribution in [0.2, 0.25) is 5.02 Å².